The predicted molar refractivity (Wildman–Crippen MR) is 400 cm³/mol. The highest BCUT2D eigenvalue weighted by Crippen LogP contribution is 2.42. The summed E-state index contributed by atoms with van der Waals surface area (Å²) in [5.41, 5.74) is 19.4. The van der Waals surface area contributed by atoms with Gasteiger partial charge in [-0.2, -0.15) is 0 Å². The Hall–Kier alpha value is -7.95. The average molecular weight is 1480 g/mol. The topological polar surface area (TPSA) is 398 Å². The molecule has 0 saturated carbocycles. The quantitative estimate of drug-likeness (QED) is 0.0411. The van der Waals surface area contributed by atoms with E-state index in [4.69, 9.17) is 64.3 Å². The van der Waals surface area contributed by atoms with Crippen LogP contribution in [0.25, 0.3) is 22.1 Å². The van der Waals surface area contributed by atoms with Crippen molar-refractivity contribution < 1.29 is 97.8 Å². The largest absolute Gasteiger partial charge is 0.480 e. The smallest absolute Gasteiger partial charge is 0.320 e. The maximum Gasteiger partial charge on any atom is 0.320 e. The zero-order valence-corrected chi connectivity index (χ0v) is 64.0. The molecule has 0 spiro atoms. The van der Waals surface area contributed by atoms with Gasteiger partial charge in [0.15, 0.2) is 51.5 Å². The van der Waals surface area contributed by atoms with E-state index in [0.717, 1.165) is 46.0 Å². The molecular formula is C78H116N10O18+2. The molecule has 13 rings (SSSR count). The number of aliphatic hydroxyl groups excluding tert-OH is 2. The molecule has 5 saturated heterocycles. The molecular weight excluding hydrogens is 1360 g/mol. The van der Waals surface area contributed by atoms with Crippen LogP contribution < -0.4 is 31.5 Å². The van der Waals surface area contributed by atoms with Crippen molar-refractivity contribution in [2.45, 2.75) is 193 Å². The summed E-state index contributed by atoms with van der Waals surface area (Å²) < 4.78 is 59.0. The SMILES string of the molecule is CC(C)[C@H](N)C(=O)O.CC(C)[C@H](NCc1ccccc1)C(=O)O.CC1(C)OCC([C@@H](O)[C@H]2OC(C)(C)O[C@H]2CNCc2ccccc2)O1.CC1(C)OCC([C@H]2OC(O)[C@@H]3OC(C)(C)O[C@H]23)O1.Cn1n[n+](C)c2ccccc21.Cn1n[n+](C)c2ccccc21.NCc1ccccc1.O.O.O=Cc1ccccc1. The molecule has 11 atom stereocenters. The molecule has 5 aliphatic rings. The number of nitrogens with two attached hydrogens (primary N) is 2. The lowest BCUT2D eigenvalue weighted by atomic mass is 10.0. The third-order valence-electron chi connectivity index (χ3n) is 17.0. The maximum absolute atomic E-state index is 10.9. The second kappa shape index (κ2) is 42.6. The number of aldehydes is 1. The van der Waals surface area contributed by atoms with E-state index in [2.05, 4.69) is 57.5 Å². The van der Waals surface area contributed by atoms with Crippen molar-refractivity contribution in [1.29, 1.82) is 0 Å². The Kier molecular flexibility index (Phi) is 36.3. The van der Waals surface area contributed by atoms with Gasteiger partial charge in [-0.15, -0.1) is 18.7 Å². The number of nitrogens with one attached hydrogen (secondary N) is 2. The number of aryl methyl sites for hydroxylation is 4. The number of fused-ring (bicyclic) bond motifs is 3. The van der Waals surface area contributed by atoms with Crippen LogP contribution in [-0.2, 0) is 100 Å². The van der Waals surface area contributed by atoms with Crippen LogP contribution in [0.15, 0.2) is 170 Å². The van der Waals surface area contributed by atoms with Gasteiger partial charge >= 0.3 is 11.9 Å². The molecule has 106 heavy (non-hydrogen) atoms. The number of aliphatic hydroxyl groups is 2. The van der Waals surface area contributed by atoms with Crippen molar-refractivity contribution in [3.8, 4) is 0 Å². The number of rotatable bonds is 16. The molecule has 3 unspecified atom stereocenters. The summed E-state index contributed by atoms with van der Waals surface area (Å²) in [5, 5.41) is 52.7. The van der Waals surface area contributed by atoms with Gasteiger partial charge in [-0.25, -0.2) is 0 Å². The minimum Gasteiger partial charge on any atom is -0.480 e. The van der Waals surface area contributed by atoms with Crippen molar-refractivity contribution in [3.63, 3.8) is 0 Å². The molecule has 14 N–H and O–H groups in total. The number of ether oxygens (including phenoxy) is 9. The predicted octanol–water partition coefficient (Wildman–Crippen LogP) is 5.91. The molecule has 584 valence electrons. The average Bonchev–Trinajstić information content (AvgIpc) is 1.61. The lowest BCUT2D eigenvalue weighted by Gasteiger charge is -2.27. The second-order valence-electron chi connectivity index (χ2n) is 28.0. The highest BCUT2D eigenvalue weighted by atomic mass is 16.8. The number of carbonyl (C=O) groups excluding carboxylic acids is 1. The Labute approximate surface area is 622 Å². The van der Waals surface area contributed by atoms with Crippen LogP contribution in [0.1, 0.15) is 110 Å². The Morgan fingerprint density at radius 3 is 1.42 bits per heavy atom. The zero-order chi connectivity index (χ0) is 76.5. The number of nitrogens with zero attached hydrogens (tertiary/aromatic N) is 6. The Balaban J connectivity index is 0.000000264. The molecule has 0 amide bonds. The highest BCUT2D eigenvalue weighted by Gasteiger charge is 2.59. The van der Waals surface area contributed by atoms with Crippen molar-refractivity contribution in [2.24, 2.45) is 51.5 Å². The number of aromatic nitrogens is 6. The van der Waals surface area contributed by atoms with Gasteiger partial charge in [0.05, 0.1) is 23.6 Å². The highest BCUT2D eigenvalue weighted by molar-refractivity contribution is 5.75. The lowest BCUT2D eigenvalue weighted by Crippen LogP contribution is -2.47. The first kappa shape index (κ1) is 90.4. The van der Waals surface area contributed by atoms with E-state index >= 15 is 0 Å². The summed E-state index contributed by atoms with van der Waals surface area (Å²) >= 11 is 0. The van der Waals surface area contributed by atoms with Gasteiger partial charge in [0, 0.05) is 31.7 Å². The van der Waals surface area contributed by atoms with E-state index < -0.39 is 77.9 Å². The number of benzene rings is 6. The molecule has 6 aromatic carbocycles. The minimum atomic E-state index is -0.978. The fraction of sp³-hybridized carbons (Fsp3) is 0.500. The number of para-hydroxylation sites is 4. The summed E-state index contributed by atoms with van der Waals surface area (Å²) in [5.74, 6) is -4.35. The van der Waals surface area contributed by atoms with Crippen molar-refractivity contribution in [2.75, 3.05) is 19.8 Å². The fourth-order valence-electron chi connectivity index (χ4n) is 11.6. The summed E-state index contributed by atoms with van der Waals surface area (Å²) in [6.45, 7) is 25.4. The summed E-state index contributed by atoms with van der Waals surface area (Å²) in [7, 11) is 7.79. The van der Waals surface area contributed by atoms with E-state index in [-0.39, 0.29) is 47.2 Å². The molecule has 28 nitrogen and oxygen atoms in total. The molecule has 28 heteroatoms. The maximum atomic E-state index is 10.9. The van der Waals surface area contributed by atoms with Crippen LogP contribution >= 0.6 is 0 Å². The summed E-state index contributed by atoms with van der Waals surface area (Å²) in [6.07, 6.45) is -3.51. The van der Waals surface area contributed by atoms with Gasteiger partial charge in [0.1, 0.15) is 95.4 Å². The third kappa shape index (κ3) is 28.3. The number of carboxylic acids is 2. The first-order valence-corrected chi connectivity index (χ1v) is 35.0. The second-order valence-corrected chi connectivity index (χ2v) is 28.0. The van der Waals surface area contributed by atoms with Crippen LogP contribution in [-0.4, -0.2) is 180 Å². The number of carbonyl (C=O) groups is 3. The Morgan fingerprint density at radius 1 is 0.575 bits per heavy atom. The molecule has 0 bridgehead atoms. The van der Waals surface area contributed by atoms with E-state index in [0.29, 0.717) is 32.8 Å². The monoisotopic (exact) mass is 1480 g/mol. The van der Waals surface area contributed by atoms with E-state index in [1.165, 1.54) is 11.1 Å². The van der Waals surface area contributed by atoms with Gasteiger partial charge in [-0.05, 0) is 108 Å². The molecule has 0 radical (unpaired) electrons. The van der Waals surface area contributed by atoms with E-state index in [1.807, 2.05) is 237 Å². The molecule has 0 aliphatic carbocycles. The van der Waals surface area contributed by atoms with Crippen LogP contribution in [0.3, 0.4) is 0 Å². The number of hydrogen-bond acceptors (Lipinski definition) is 20. The lowest BCUT2D eigenvalue weighted by molar-refractivity contribution is -0.709. The minimum absolute atomic E-state index is 0. The van der Waals surface area contributed by atoms with Crippen LogP contribution in [0.2, 0.25) is 0 Å². The summed E-state index contributed by atoms with van der Waals surface area (Å²) in [4.78, 5) is 30.9. The van der Waals surface area contributed by atoms with Crippen molar-refractivity contribution in [1.82, 2.24) is 30.4 Å². The Bertz CT molecular complexity index is 3700. The fourth-order valence-corrected chi connectivity index (χ4v) is 11.6. The standard InChI is InChI=1S/C19H29NO5.C12H17NO2.C12H20O6.2C8H10N3.C7H9N.C7H6O.C5H11NO2.2H2O/c1-18(2)22-12-15(24-18)16(21)17-14(23-19(3,4)25-17)11-20-10-13-8-6-5-7-9-13;1-9(2)11(12(14)15)13-8-10-6-4-3-5-7-10;1-11(2)14-5-6(16-11)7-8-9(10(13)15-7)18-12(3,4)17-8;2*1-10-7-5-3-4-6-8(7)11(2)9-10;2*8-6-7-4-2-1-3-5-7;1-3(2)4(6)5(7)8;;/h5-9,14-17,20-21H,10-12H2,1-4H3;3-7,9,11,13H,8H2,1-2H3,(H,14,15);6-10,13H,5H2,1-4H3;2*3-6H,1-2H3;1-5H,6,8H2;1-6H;3-4H,6H2,1-2H3,(H,7,8);2*1H2/q;;;2*+1;;;;;/t14-,15?,16+,17-;11-;6?,7-,8-,9-,10?;;;;;4-;;/m001....0../s1. The van der Waals surface area contributed by atoms with Gasteiger partial charge in [-0.3, -0.25) is 14.4 Å². The number of hydrogen-bond donors (Lipinski definition) is 8. The molecule has 5 aliphatic heterocycles. The van der Waals surface area contributed by atoms with Crippen LogP contribution in [0.4, 0.5) is 0 Å². The van der Waals surface area contributed by atoms with Gasteiger partial charge < -0.3 is 96.1 Å². The first-order valence-electron chi connectivity index (χ1n) is 35.0. The first-order chi connectivity index (χ1) is 49.1. The Morgan fingerprint density at radius 2 is 1.02 bits per heavy atom. The third-order valence-corrected chi connectivity index (χ3v) is 17.0. The van der Waals surface area contributed by atoms with E-state index in [9.17, 15) is 24.6 Å². The van der Waals surface area contributed by atoms with Gasteiger partial charge in [0.2, 0.25) is 0 Å². The van der Waals surface area contributed by atoms with Crippen LogP contribution in [0, 0.1) is 11.8 Å². The van der Waals surface area contributed by atoms with Gasteiger partial charge in [-0.1, -0.05) is 173 Å². The molecule has 8 aromatic rings. The van der Waals surface area contributed by atoms with Crippen molar-refractivity contribution >= 4 is 40.3 Å². The van der Waals surface area contributed by atoms with E-state index in [1.54, 1.807) is 26.0 Å². The normalized spacial score (nSPS) is 22.4. The zero-order valence-electron chi connectivity index (χ0n) is 64.0. The van der Waals surface area contributed by atoms with Gasteiger partial charge in [0.25, 0.3) is 0 Å². The number of carboxylic acid groups (broad SMARTS) is 2. The van der Waals surface area contributed by atoms with Crippen LogP contribution in [0.5, 0.6) is 0 Å². The van der Waals surface area contributed by atoms with Crippen molar-refractivity contribution in [3.05, 3.63) is 192 Å². The number of aliphatic carboxylic acids is 2. The molecule has 2 aromatic heterocycles. The summed E-state index contributed by atoms with van der Waals surface area (Å²) in [6, 6.07) is 54.2. The molecule has 5 fully saturated rings. The molecule has 7 heterocycles.